The smallest absolute Gasteiger partial charge is 0.112 e. The molecule has 0 bridgehead atoms. The highest BCUT2D eigenvalue weighted by atomic mass is 35.5. The lowest BCUT2D eigenvalue weighted by Crippen LogP contribution is -2.15. The molecule has 0 unspecified atom stereocenters. The third-order valence-electron chi connectivity index (χ3n) is 3.55. The van der Waals surface area contributed by atoms with Gasteiger partial charge in [-0.1, -0.05) is 23.7 Å². The van der Waals surface area contributed by atoms with Gasteiger partial charge in [-0.05, 0) is 30.0 Å². The quantitative estimate of drug-likeness (QED) is 0.909. The van der Waals surface area contributed by atoms with Crippen LogP contribution in [0.5, 0.6) is 0 Å². The first kappa shape index (κ1) is 12.7. The molecule has 0 atom stereocenters. The van der Waals surface area contributed by atoms with Crippen LogP contribution in [0.25, 0.3) is 0 Å². The predicted octanol–water partition coefficient (Wildman–Crippen LogP) is 2.92. The van der Waals surface area contributed by atoms with Gasteiger partial charge in [-0.15, -0.1) is 0 Å². The van der Waals surface area contributed by atoms with Gasteiger partial charge in [0, 0.05) is 43.5 Å². The molecule has 3 nitrogen and oxygen atoms in total. The first-order valence-electron chi connectivity index (χ1n) is 6.69. The number of hydrogen-bond donors (Lipinski definition) is 1. The zero-order valence-corrected chi connectivity index (χ0v) is 11.8. The fourth-order valence-corrected chi connectivity index (χ4v) is 2.35. The zero-order chi connectivity index (χ0) is 13.2. The van der Waals surface area contributed by atoms with E-state index in [1.165, 1.54) is 24.0 Å². The standard InChI is InChI=1S/C15H18ClN3/c1-19-7-6-17-15(19)9-11-2-5-14(16)12(8-11)10-18-13-3-4-13/h2,5-8,13,18H,3-4,9-10H2,1H3. The molecule has 1 aliphatic rings. The van der Waals surface area contributed by atoms with Gasteiger partial charge in [-0.2, -0.15) is 0 Å². The summed E-state index contributed by atoms with van der Waals surface area (Å²) >= 11 is 6.25. The molecule has 0 amide bonds. The molecule has 1 N–H and O–H groups in total. The number of nitrogens with one attached hydrogen (secondary N) is 1. The van der Waals surface area contributed by atoms with E-state index in [9.17, 15) is 0 Å². The summed E-state index contributed by atoms with van der Waals surface area (Å²) in [4.78, 5) is 4.36. The number of benzene rings is 1. The SMILES string of the molecule is Cn1ccnc1Cc1ccc(Cl)c(CNC2CC2)c1. The van der Waals surface area contributed by atoms with Gasteiger partial charge >= 0.3 is 0 Å². The fraction of sp³-hybridized carbons (Fsp3) is 0.400. The minimum absolute atomic E-state index is 0.703. The topological polar surface area (TPSA) is 29.9 Å². The minimum Gasteiger partial charge on any atom is -0.338 e. The number of imidazole rings is 1. The van der Waals surface area contributed by atoms with Crippen molar-refractivity contribution in [2.75, 3.05) is 0 Å². The van der Waals surface area contributed by atoms with Gasteiger partial charge in [-0.3, -0.25) is 0 Å². The molecule has 4 heteroatoms. The highest BCUT2D eigenvalue weighted by Gasteiger charge is 2.20. The minimum atomic E-state index is 0.703. The van der Waals surface area contributed by atoms with Crippen molar-refractivity contribution in [2.45, 2.75) is 31.8 Å². The largest absolute Gasteiger partial charge is 0.338 e. The van der Waals surface area contributed by atoms with E-state index in [2.05, 4.69) is 27.0 Å². The Morgan fingerprint density at radius 2 is 2.26 bits per heavy atom. The summed E-state index contributed by atoms with van der Waals surface area (Å²) in [5.41, 5.74) is 2.44. The maximum Gasteiger partial charge on any atom is 0.112 e. The molecule has 100 valence electrons. The van der Waals surface area contributed by atoms with Crippen LogP contribution in [0.4, 0.5) is 0 Å². The third-order valence-corrected chi connectivity index (χ3v) is 3.92. The molecule has 2 aromatic rings. The van der Waals surface area contributed by atoms with E-state index in [0.717, 1.165) is 23.8 Å². The average molecular weight is 276 g/mol. The molecule has 0 saturated heterocycles. The molecule has 1 aliphatic carbocycles. The van der Waals surface area contributed by atoms with Gasteiger partial charge in [0.05, 0.1) is 0 Å². The van der Waals surface area contributed by atoms with Crippen LogP contribution in [0.2, 0.25) is 5.02 Å². The van der Waals surface area contributed by atoms with Crippen molar-refractivity contribution in [1.29, 1.82) is 0 Å². The summed E-state index contributed by atoms with van der Waals surface area (Å²) in [7, 11) is 2.02. The van der Waals surface area contributed by atoms with E-state index < -0.39 is 0 Å². The first-order chi connectivity index (χ1) is 9.22. The van der Waals surface area contributed by atoms with E-state index >= 15 is 0 Å². The Hall–Kier alpha value is -1.32. The molecule has 1 heterocycles. The Kier molecular flexibility index (Phi) is 3.58. The zero-order valence-electron chi connectivity index (χ0n) is 11.1. The van der Waals surface area contributed by atoms with Crippen LogP contribution < -0.4 is 5.32 Å². The van der Waals surface area contributed by atoms with Gasteiger partial charge in [0.1, 0.15) is 5.82 Å². The van der Waals surface area contributed by atoms with Gasteiger partial charge in [-0.25, -0.2) is 4.98 Å². The summed E-state index contributed by atoms with van der Waals surface area (Å²) in [5, 5.41) is 4.35. The molecule has 3 rings (SSSR count). The van der Waals surface area contributed by atoms with Crippen molar-refractivity contribution in [3.63, 3.8) is 0 Å². The predicted molar refractivity (Wildman–Crippen MR) is 77.3 cm³/mol. The molecule has 0 aliphatic heterocycles. The van der Waals surface area contributed by atoms with Crippen molar-refractivity contribution in [1.82, 2.24) is 14.9 Å². The summed E-state index contributed by atoms with van der Waals surface area (Å²) < 4.78 is 2.05. The molecule has 1 fully saturated rings. The van der Waals surface area contributed by atoms with Crippen LogP contribution >= 0.6 is 11.6 Å². The van der Waals surface area contributed by atoms with E-state index in [4.69, 9.17) is 11.6 Å². The molecule has 1 aromatic heterocycles. The lowest BCUT2D eigenvalue weighted by molar-refractivity contribution is 0.687. The second kappa shape index (κ2) is 5.35. The molecule has 0 radical (unpaired) electrons. The molecule has 0 spiro atoms. The van der Waals surface area contributed by atoms with Crippen LogP contribution in [-0.2, 0) is 20.0 Å². The van der Waals surface area contributed by atoms with Gasteiger partial charge in [0.25, 0.3) is 0 Å². The summed E-state index contributed by atoms with van der Waals surface area (Å²) in [5.74, 6) is 1.07. The lowest BCUT2D eigenvalue weighted by Gasteiger charge is -2.09. The van der Waals surface area contributed by atoms with Gasteiger partial charge in [0.2, 0.25) is 0 Å². The van der Waals surface area contributed by atoms with Crippen LogP contribution in [-0.4, -0.2) is 15.6 Å². The number of aromatic nitrogens is 2. The summed E-state index contributed by atoms with van der Waals surface area (Å²) in [6.07, 6.45) is 7.24. The number of rotatable bonds is 5. The summed E-state index contributed by atoms with van der Waals surface area (Å²) in [6.45, 7) is 0.859. The van der Waals surface area contributed by atoms with Crippen LogP contribution in [0, 0.1) is 0 Å². The second-order valence-corrected chi connectivity index (χ2v) is 5.62. The number of halogens is 1. The highest BCUT2D eigenvalue weighted by molar-refractivity contribution is 6.31. The highest BCUT2D eigenvalue weighted by Crippen LogP contribution is 2.23. The molecule has 19 heavy (non-hydrogen) atoms. The maximum atomic E-state index is 6.25. The average Bonchev–Trinajstić information content (AvgIpc) is 3.14. The Morgan fingerprint density at radius 1 is 1.42 bits per heavy atom. The van der Waals surface area contributed by atoms with Crippen molar-refractivity contribution in [3.8, 4) is 0 Å². The van der Waals surface area contributed by atoms with Crippen molar-refractivity contribution >= 4 is 11.6 Å². The van der Waals surface area contributed by atoms with Crippen LogP contribution in [0.1, 0.15) is 29.8 Å². The molecular formula is C15H18ClN3. The van der Waals surface area contributed by atoms with E-state index in [1.54, 1.807) is 0 Å². The van der Waals surface area contributed by atoms with Crippen molar-refractivity contribution in [3.05, 3.63) is 52.6 Å². The normalized spacial score (nSPS) is 14.8. The Morgan fingerprint density at radius 3 is 2.95 bits per heavy atom. The number of aryl methyl sites for hydroxylation is 1. The number of nitrogens with zero attached hydrogens (tertiary/aromatic N) is 2. The molecule has 1 saturated carbocycles. The monoisotopic (exact) mass is 275 g/mol. The first-order valence-corrected chi connectivity index (χ1v) is 7.07. The van der Waals surface area contributed by atoms with Gasteiger partial charge < -0.3 is 9.88 Å². The van der Waals surface area contributed by atoms with Crippen molar-refractivity contribution in [2.24, 2.45) is 7.05 Å². The van der Waals surface area contributed by atoms with E-state index in [-0.39, 0.29) is 0 Å². The fourth-order valence-electron chi connectivity index (χ4n) is 2.16. The molecular weight excluding hydrogens is 258 g/mol. The second-order valence-electron chi connectivity index (χ2n) is 5.21. The molecule has 1 aromatic carbocycles. The summed E-state index contributed by atoms with van der Waals surface area (Å²) in [6, 6.07) is 6.96. The Balaban J connectivity index is 1.74. The van der Waals surface area contributed by atoms with Crippen LogP contribution in [0.3, 0.4) is 0 Å². The lowest BCUT2D eigenvalue weighted by atomic mass is 10.1. The Labute approximate surface area is 118 Å². The third kappa shape index (κ3) is 3.17. The van der Waals surface area contributed by atoms with E-state index in [1.807, 2.05) is 25.5 Å². The maximum absolute atomic E-state index is 6.25. The Bertz CT molecular complexity index is 573. The van der Waals surface area contributed by atoms with Crippen molar-refractivity contribution < 1.29 is 0 Å². The van der Waals surface area contributed by atoms with E-state index in [0.29, 0.717) is 6.04 Å². The van der Waals surface area contributed by atoms with Crippen LogP contribution in [0.15, 0.2) is 30.6 Å². The number of hydrogen-bond acceptors (Lipinski definition) is 2. The van der Waals surface area contributed by atoms with Gasteiger partial charge in [0.15, 0.2) is 0 Å².